The molecule has 4 rings (SSSR count). The predicted molar refractivity (Wildman–Crippen MR) is 111 cm³/mol. The second kappa shape index (κ2) is 8.09. The minimum absolute atomic E-state index is 0.136. The molecule has 0 saturated heterocycles. The van der Waals surface area contributed by atoms with Crippen LogP contribution in [0.4, 0.5) is 21.6 Å². The minimum atomic E-state index is -3.91. The number of sulfonamides is 1. The van der Waals surface area contributed by atoms with E-state index in [1.165, 1.54) is 6.33 Å². The number of benzene rings is 2. The van der Waals surface area contributed by atoms with Gasteiger partial charge in [0.1, 0.15) is 18.0 Å². The summed E-state index contributed by atoms with van der Waals surface area (Å²) in [6.07, 6.45) is 4.83. The first-order chi connectivity index (χ1) is 14.4. The molecular weight excluding hydrogens is 431 g/mol. The molecule has 0 aliphatic carbocycles. The predicted octanol–water partition coefficient (Wildman–Crippen LogP) is 4.00. The van der Waals surface area contributed by atoms with Crippen molar-refractivity contribution in [3.8, 4) is 5.82 Å². The lowest BCUT2D eigenvalue weighted by atomic mass is 10.3. The molecule has 2 aromatic heterocycles. The van der Waals surface area contributed by atoms with Crippen LogP contribution in [0.3, 0.4) is 0 Å². The highest BCUT2D eigenvalue weighted by Crippen LogP contribution is 2.23. The number of hydrogen-bond acceptors (Lipinski definition) is 6. The zero-order valence-electron chi connectivity index (χ0n) is 15.2. The van der Waals surface area contributed by atoms with Crippen LogP contribution in [0, 0.1) is 5.82 Å². The van der Waals surface area contributed by atoms with Crippen molar-refractivity contribution in [1.29, 1.82) is 0 Å². The number of anilines is 3. The first kappa shape index (κ1) is 19.8. The normalized spacial score (nSPS) is 11.3. The number of halogens is 2. The summed E-state index contributed by atoms with van der Waals surface area (Å²) in [5, 5.41) is 6.97. The summed E-state index contributed by atoms with van der Waals surface area (Å²) in [6.45, 7) is 0. The molecule has 0 bridgehead atoms. The molecule has 2 heterocycles. The van der Waals surface area contributed by atoms with Gasteiger partial charge in [0.05, 0.1) is 9.92 Å². The lowest BCUT2D eigenvalue weighted by Gasteiger charge is -2.10. The Balaban J connectivity index is 1.48. The fourth-order valence-electron chi connectivity index (χ4n) is 2.57. The standard InChI is InChI=1S/C19H14ClFN6O2S/c20-16-10-15(6-7-17(16)21)30(28,29)26-14-4-2-13(3-5-14)25-18-11-19(23-12-22-18)27-9-1-8-24-27/h1-12,26H,(H,22,23,25). The third kappa shape index (κ3) is 4.39. The average Bonchev–Trinajstić information content (AvgIpc) is 3.26. The summed E-state index contributed by atoms with van der Waals surface area (Å²) in [4.78, 5) is 8.19. The van der Waals surface area contributed by atoms with E-state index in [0.717, 1.165) is 18.2 Å². The number of rotatable bonds is 6. The van der Waals surface area contributed by atoms with Gasteiger partial charge >= 0.3 is 0 Å². The van der Waals surface area contributed by atoms with Crippen molar-refractivity contribution in [2.24, 2.45) is 0 Å². The molecule has 4 aromatic rings. The van der Waals surface area contributed by atoms with E-state index in [2.05, 4.69) is 25.1 Å². The van der Waals surface area contributed by atoms with E-state index in [4.69, 9.17) is 11.6 Å². The largest absolute Gasteiger partial charge is 0.340 e. The van der Waals surface area contributed by atoms with Crippen LogP contribution in [0.25, 0.3) is 5.82 Å². The van der Waals surface area contributed by atoms with Crippen molar-refractivity contribution in [3.05, 3.63) is 84.2 Å². The third-order valence-corrected chi connectivity index (χ3v) is 5.67. The summed E-state index contributed by atoms with van der Waals surface area (Å²) < 4.78 is 42.2. The quantitative estimate of drug-likeness (QED) is 0.466. The molecular formula is C19H14ClFN6O2S. The topological polar surface area (TPSA) is 102 Å². The second-order valence-electron chi connectivity index (χ2n) is 6.10. The monoisotopic (exact) mass is 444 g/mol. The van der Waals surface area contributed by atoms with Crippen LogP contribution in [0.1, 0.15) is 0 Å². The van der Waals surface area contributed by atoms with E-state index in [-0.39, 0.29) is 9.92 Å². The van der Waals surface area contributed by atoms with Crippen LogP contribution in [-0.2, 0) is 10.0 Å². The van der Waals surface area contributed by atoms with E-state index in [9.17, 15) is 12.8 Å². The van der Waals surface area contributed by atoms with Crippen molar-refractivity contribution < 1.29 is 12.8 Å². The van der Waals surface area contributed by atoms with Crippen molar-refractivity contribution in [2.75, 3.05) is 10.0 Å². The molecule has 2 N–H and O–H groups in total. The molecule has 0 atom stereocenters. The lowest BCUT2D eigenvalue weighted by molar-refractivity contribution is 0.599. The maximum atomic E-state index is 13.3. The number of aromatic nitrogens is 4. The van der Waals surface area contributed by atoms with Gasteiger partial charge in [-0.2, -0.15) is 5.10 Å². The van der Waals surface area contributed by atoms with Crippen LogP contribution < -0.4 is 10.0 Å². The molecule has 0 aliphatic rings. The van der Waals surface area contributed by atoms with Gasteiger partial charge < -0.3 is 5.32 Å². The Morgan fingerprint density at radius 1 is 1.00 bits per heavy atom. The van der Waals surface area contributed by atoms with Crippen LogP contribution in [0.5, 0.6) is 0 Å². The number of hydrogen-bond donors (Lipinski definition) is 2. The minimum Gasteiger partial charge on any atom is -0.340 e. The van der Waals surface area contributed by atoms with Crippen LogP contribution >= 0.6 is 11.6 Å². The fraction of sp³-hybridized carbons (Fsp3) is 0. The van der Waals surface area contributed by atoms with Gasteiger partial charge in [-0.1, -0.05) is 11.6 Å². The summed E-state index contributed by atoms with van der Waals surface area (Å²) in [6, 6.07) is 13.3. The molecule has 0 aliphatic heterocycles. The van der Waals surface area contributed by atoms with Crippen molar-refractivity contribution in [3.63, 3.8) is 0 Å². The van der Waals surface area contributed by atoms with Gasteiger partial charge in [0.15, 0.2) is 5.82 Å². The molecule has 0 saturated carbocycles. The highest BCUT2D eigenvalue weighted by molar-refractivity contribution is 7.92. The maximum Gasteiger partial charge on any atom is 0.261 e. The smallest absolute Gasteiger partial charge is 0.261 e. The Hall–Kier alpha value is -3.50. The van der Waals surface area contributed by atoms with Gasteiger partial charge in [0.25, 0.3) is 10.0 Å². The van der Waals surface area contributed by atoms with E-state index in [1.54, 1.807) is 53.5 Å². The van der Waals surface area contributed by atoms with Gasteiger partial charge in [-0.25, -0.2) is 27.5 Å². The molecule has 8 nitrogen and oxygen atoms in total. The lowest BCUT2D eigenvalue weighted by Crippen LogP contribution is -2.13. The average molecular weight is 445 g/mol. The molecule has 0 radical (unpaired) electrons. The van der Waals surface area contributed by atoms with Crippen molar-refractivity contribution >= 4 is 38.8 Å². The first-order valence-electron chi connectivity index (χ1n) is 8.58. The van der Waals surface area contributed by atoms with E-state index in [1.807, 2.05) is 0 Å². The first-order valence-corrected chi connectivity index (χ1v) is 10.4. The van der Waals surface area contributed by atoms with Crippen LogP contribution in [-0.4, -0.2) is 28.2 Å². The third-order valence-electron chi connectivity index (χ3n) is 4.00. The number of nitrogens with one attached hydrogen (secondary N) is 2. The van der Waals surface area contributed by atoms with Crippen molar-refractivity contribution in [2.45, 2.75) is 4.90 Å². The molecule has 0 fully saturated rings. The summed E-state index contributed by atoms with van der Waals surface area (Å²) in [7, 11) is -3.91. The number of nitrogens with zero attached hydrogens (tertiary/aromatic N) is 4. The Morgan fingerprint density at radius 3 is 2.47 bits per heavy atom. The zero-order chi connectivity index (χ0) is 21.1. The van der Waals surface area contributed by atoms with Crippen LogP contribution in [0.15, 0.2) is 78.2 Å². The zero-order valence-corrected chi connectivity index (χ0v) is 16.8. The molecule has 0 amide bonds. The van der Waals surface area contributed by atoms with Gasteiger partial charge in [-0.3, -0.25) is 4.72 Å². The maximum absolute atomic E-state index is 13.3. The highest BCUT2D eigenvalue weighted by atomic mass is 35.5. The van der Waals surface area contributed by atoms with E-state index in [0.29, 0.717) is 23.0 Å². The summed E-state index contributed by atoms with van der Waals surface area (Å²) in [5.41, 5.74) is 1.02. The van der Waals surface area contributed by atoms with Crippen molar-refractivity contribution in [1.82, 2.24) is 19.7 Å². The molecule has 11 heteroatoms. The van der Waals surface area contributed by atoms with Gasteiger partial charge in [-0.05, 0) is 48.5 Å². The molecule has 0 spiro atoms. The summed E-state index contributed by atoms with van der Waals surface area (Å²) in [5.74, 6) is 0.455. The van der Waals surface area contributed by atoms with Gasteiger partial charge in [0.2, 0.25) is 0 Å². The Bertz CT molecular complexity index is 1280. The van der Waals surface area contributed by atoms with E-state index >= 15 is 0 Å². The second-order valence-corrected chi connectivity index (χ2v) is 8.19. The Labute approximate surface area is 176 Å². The van der Waals surface area contributed by atoms with E-state index < -0.39 is 15.8 Å². The summed E-state index contributed by atoms with van der Waals surface area (Å²) >= 11 is 5.67. The Morgan fingerprint density at radius 2 is 1.77 bits per heavy atom. The van der Waals surface area contributed by atoms with Gasteiger partial charge in [0, 0.05) is 29.8 Å². The van der Waals surface area contributed by atoms with Crippen LogP contribution in [0.2, 0.25) is 5.02 Å². The molecule has 152 valence electrons. The van der Waals surface area contributed by atoms with Gasteiger partial charge in [-0.15, -0.1) is 0 Å². The SMILES string of the molecule is O=S(=O)(Nc1ccc(Nc2cc(-n3cccn3)ncn2)cc1)c1ccc(F)c(Cl)c1. The molecule has 2 aromatic carbocycles. The molecule has 30 heavy (non-hydrogen) atoms. The molecule has 0 unspecified atom stereocenters. The Kier molecular flexibility index (Phi) is 5.34. The highest BCUT2D eigenvalue weighted by Gasteiger charge is 2.16. The fourth-order valence-corrected chi connectivity index (χ4v) is 3.90.